The third-order valence-electron chi connectivity index (χ3n) is 2.46. The van der Waals surface area contributed by atoms with Gasteiger partial charge in [-0.15, -0.1) is 0 Å². The topological polar surface area (TPSA) is 84.9 Å². The molecule has 0 aromatic heterocycles. The first-order chi connectivity index (χ1) is 10.2. The molecule has 0 fully saturated rings. The number of nitrogens with one attached hydrogen (secondary N) is 1. The second-order valence-corrected chi connectivity index (χ2v) is 6.12. The van der Waals surface area contributed by atoms with E-state index in [2.05, 4.69) is 5.32 Å². The second-order valence-electron chi connectivity index (χ2n) is 5.68. The van der Waals surface area contributed by atoms with Crippen molar-refractivity contribution in [2.75, 3.05) is 6.61 Å². The normalized spacial score (nSPS) is 12.5. The van der Waals surface area contributed by atoms with E-state index in [-0.39, 0.29) is 13.2 Å². The molecule has 1 aromatic carbocycles. The van der Waals surface area contributed by atoms with E-state index in [9.17, 15) is 9.59 Å². The van der Waals surface area contributed by atoms with Crippen LogP contribution in [0.2, 0.25) is 5.02 Å². The molecule has 1 atom stereocenters. The van der Waals surface area contributed by atoms with E-state index in [1.807, 2.05) is 0 Å². The Morgan fingerprint density at radius 1 is 1.27 bits per heavy atom. The number of carbonyl (C=O) groups excluding carboxylic acids is 1. The summed E-state index contributed by atoms with van der Waals surface area (Å²) in [6.45, 7) is 5.13. The standard InChI is InChI=1S/C15H20ClNO5/c1-15(2,3)22-14(20)17-12(13(18)19)9-21-8-10-4-6-11(16)7-5-10/h4-7,12H,8-9H2,1-3H3,(H,17,20)(H,18,19). The van der Waals surface area contributed by atoms with Crippen LogP contribution in [0, 0.1) is 0 Å². The van der Waals surface area contributed by atoms with E-state index in [0.29, 0.717) is 5.02 Å². The molecule has 2 N–H and O–H groups in total. The quantitative estimate of drug-likeness (QED) is 0.838. The van der Waals surface area contributed by atoms with Crippen LogP contribution in [0.25, 0.3) is 0 Å². The fraction of sp³-hybridized carbons (Fsp3) is 0.467. The molecule has 0 saturated heterocycles. The van der Waals surface area contributed by atoms with Crippen LogP contribution in [0.5, 0.6) is 0 Å². The van der Waals surface area contributed by atoms with Crippen molar-refractivity contribution < 1.29 is 24.2 Å². The average molecular weight is 330 g/mol. The number of halogens is 1. The van der Waals surface area contributed by atoms with E-state index in [1.165, 1.54) is 0 Å². The highest BCUT2D eigenvalue weighted by atomic mass is 35.5. The molecule has 0 heterocycles. The maximum absolute atomic E-state index is 11.6. The molecule has 0 saturated carbocycles. The molecule has 122 valence electrons. The van der Waals surface area contributed by atoms with Gasteiger partial charge in [-0.05, 0) is 38.5 Å². The zero-order chi connectivity index (χ0) is 16.8. The van der Waals surface area contributed by atoms with Crippen LogP contribution in [0.4, 0.5) is 4.79 Å². The molecule has 7 heteroatoms. The summed E-state index contributed by atoms with van der Waals surface area (Å²) in [4.78, 5) is 22.7. The lowest BCUT2D eigenvalue weighted by Crippen LogP contribution is -2.46. The minimum atomic E-state index is -1.19. The van der Waals surface area contributed by atoms with E-state index in [1.54, 1.807) is 45.0 Å². The van der Waals surface area contributed by atoms with Gasteiger partial charge in [0.1, 0.15) is 5.60 Å². The van der Waals surface area contributed by atoms with Gasteiger partial charge in [-0.25, -0.2) is 9.59 Å². The number of rotatable bonds is 6. The Kier molecular flexibility index (Phi) is 6.64. The third kappa shape index (κ3) is 7.28. The van der Waals surface area contributed by atoms with Crippen molar-refractivity contribution in [3.63, 3.8) is 0 Å². The minimum Gasteiger partial charge on any atom is -0.480 e. The summed E-state index contributed by atoms with van der Waals surface area (Å²) in [5, 5.41) is 12.0. The maximum Gasteiger partial charge on any atom is 0.408 e. The van der Waals surface area contributed by atoms with Crippen LogP contribution < -0.4 is 5.32 Å². The van der Waals surface area contributed by atoms with Crippen molar-refractivity contribution in [1.29, 1.82) is 0 Å². The van der Waals surface area contributed by atoms with Gasteiger partial charge < -0.3 is 19.9 Å². The molecule has 0 aliphatic rings. The Hall–Kier alpha value is -1.79. The Morgan fingerprint density at radius 3 is 2.36 bits per heavy atom. The maximum atomic E-state index is 11.6. The molecule has 6 nitrogen and oxygen atoms in total. The van der Waals surface area contributed by atoms with Gasteiger partial charge in [-0.3, -0.25) is 0 Å². The van der Waals surface area contributed by atoms with Crippen molar-refractivity contribution in [2.45, 2.75) is 39.0 Å². The SMILES string of the molecule is CC(C)(C)OC(=O)NC(COCc1ccc(Cl)cc1)C(=O)O. The highest BCUT2D eigenvalue weighted by molar-refractivity contribution is 6.30. The van der Waals surface area contributed by atoms with Crippen molar-refractivity contribution in [3.8, 4) is 0 Å². The fourth-order valence-corrected chi connectivity index (χ4v) is 1.63. The summed E-state index contributed by atoms with van der Waals surface area (Å²) in [6, 6.07) is 5.81. The van der Waals surface area contributed by atoms with E-state index in [4.69, 9.17) is 26.2 Å². The van der Waals surface area contributed by atoms with Gasteiger partial charge >= 0.3 is 12.1 Å². The lowest BCUT2D eigenvalue weighted by Gasteiger charge is -2.22. The number of alkyl carbamates (subject to hydrolysis) is 1. The lowest BCUT2D eigenvalue weighted by molar-refractivity contribution is -0.141. The first-order valence-corrected chi connectivity index (χ1v) is 7.09. The average Bonchev–Trinajstić information content (AvgIpc) is 2.37. The molecule has 0 aliphatic carbocycles. The van der Waals surface area contributed by atoms with Gasteiger partial charge in [0.2, 0.25) is 0 Å². The van der Waals surface area contributed by atoms with Crippen LogP contribution in [0.15, 0.2) is 24.3 Å². The first kappa shape index (κ1) is 18.3. The highest BCUT2D eigenvalue weighted by Crippen LogP contribution is 2.10. The Labute approximate surface area is 134 Å². The molecule has 1 rings (SSSR count). The van der Waals surface area contributed by atoms with Crippen LogP contribution >= 0.6 is 11.6 Å². The van der Waals surface area contributed by atoms with Crippen molar-refractivity contribution in [3.05, 3.63) is 34.9 Å². The molecule has 1 aromatic rings. The van der Waals surface area contributed by atoms with Crippen LogP contribution in [-0.2, 0) is 20.9 Å². The number of carboxylic acid groups (broad SMARTS) is 1. The molecule has 1 unspecified atom stereocenters. The third-order valence-corrected chi connectivity index (χ3v) is 2.71. The number of carbonyl (C=O) groups is 2. The molecule has 0 bridgehead atoms. The summed E-state index contributed by atoms with van der Waals surface area (Å²) in [6.07, 6.45) is -0.796. The number of ether oxygens (including phenoxy) is 2. The Balaban J connectivity index is 2.46. The van der Waals surface area contributed by atoms with Gasteiger partial charge in [0.05, 0.1) is 13.2 Å². The highest BCUT2D eigenvalue weighted by Gasteiger charge is 2.24. The van der Waals surface area contributed by atoms with E-state index >= 15 is 0 Å². The predicted molar refractivity (Wildman–Crippen MR) is 81.9 cm³/mol. The number of aliphatic carboxylic acids is 1. The minimum absolute atomic E-state index is 0.169. The summed E-state index contributed by atoms with van der Waals surface area (Å²) in [7, 11) is 0. The molecule has 22 heavy (non-hydrogen) atoms. The summed E-state index contributed by atoms with van der Waals surface area (Å²) >= 11 is 5.77. The van der Waals surface area contributed by atoms with Gasteiger partial charge in [0, 0.05) is 5.02 Å². The zero-order valence-corrected chi connectivity index (χ0v) is 13.5. The molecular weight excluding hydrogens is 310 g/mol. The van der Waals surface area contributed by atoms with Crippen LogP contribution in [0.1, 0.15) is 26.3 Å². The monoisotopic (exact) mass is 329 g/mol. The summed E-state index contributed by atoms with van der Waals surface area (Å²) in [5.74, 6) is -1.19. The Bertz CT molecular complexity index is 510. The lowest BCUT2D eigenvalue weighted by atomic mass is 10.2. The summed E-state index contributed by atoms with van der Waals surface area (Å²) < 4.78 is 10.3. The first-order valence-electron chi connectivity index (χ1n) is 6.72. The van der Waals surface area contributed by atoms with Crippen molar-refractivity contribution in [2.24, 2.45) is 0 Å². The number of hydrogen-bond donors (Lipinski definition) is 2. The number of carboxylic acids is 1. The molecule has 0 aliphatic heterocycles. The van der Waals surface area contributed by atoms with Gasteiger partial charge in [-0.1, -0.05) is 23.7 Å². The van der Waals surface area contributed by atoms with Crippen molar-refractivity contribution >= 4 is 23.7 Å². The smallest absolute Gasteiger partial charge is 0.408 e. The van der Waals surface area contributed by atoms with E-state index in [0.717, 1.165) is 5.56 Å². The van der Waals surface area contributed by atoms with Gasteiger partial charge in [-0.2, -0.15) is 0 Å². The summed E-state index contributed by atoms with van der Waals surface area (Å²) in [5.41, 5.74) is 0.155. The second kappa shape index (κ2) is 8.00. The number of hydrogen-bond acceptors (Lipinski definition) is 4. The number of amides is 1. The van der Waals surface area contributed by atoms with Crippen LogP contribution in [-0.4, -0.2) is 35.4 Å². The van der Waals surface area contributed by atoms with Gasteiger partial charge in [0.15, 0.2) is 6.04 Å². The Morgan fingerprint density at radius 2 is 1.86 bits per heavy atom. The van der Waals surface area contributed by atoms with Crippen molar-refractivity contribution in [1.82, 2.24) is 5.32 Å². The largest absolute Gasteiger partial charge is 0.480 e. The van der Waals surface area contributed by atoms with E-state index < -0.39 is 23.7 Å². The predicted octanol–water partition coefficient (Wildman–Crippen LogP) is 2.83. The molecule has 0 radical (unpaired) electrons. The molecular formula is C15H20ClNO5. The van der Waals surface area contributed by atoms with Crippen LogP contribution in [0.3, 0.4) is 0 Å². The zero-order valence-electron chi connectivity index (χ0n) is 12.8. The molecule has 1 amide bonds. The van der Waals surface area contributed by atoms with Gasteiger partial charge in [0.25, 0.3) is 0 Å². The fourth-order valence-electron chi connectivity index (χ4n) is 1.50. The molecule has 0 spiro atoms. The number of benzene rings is 1.